The molecule has 4 heterocycles. The summed E-state index contributed by atoms with van der Waals surface area (Å²) in [5, 5.41) is 21.5. The van der Waals surface area contributed by atoms with Crippen molar-refractivity contribution in [2.75, 3.05) is 19.1 Å². The summed E-state index contributed by atoms with van der Waals surface area (Å²) < 4.78 is 13.3. The first-order valence-corrected chi connectivity index (χ1v) is 16.1. The van der Waals surface area contributed by atoms with Crippen LogP contribution in [0.25, 0.3) is 11.4 Å². The summed E-state index contributed by atoms with van der Waals surface area (Å²) in [6, 6.07) is 13.0. The van der Waals surface area contributed by atoms with Gasteiger partial charge in [0.05, 0.1) is 31.5 Å². The molecule has 45 heavy (non-hydrogen) atoms. The number of carbonyl (C=O) groups is 2. The lowest BCUT2D eigenvalue weighted by atomic mass is 9.96. The van der Waals surface area contributed by atoms with Gasteiger partial charge in [-0.05, 0) is 60.9 Å². The fraction of sp³-hybridized carbons (Fsp3) is 0.194. The monoisotopic (exact) mass is 681 g/mol. The number of anilines is 1. The van der Waals surface area contributed by atoms with Crippen molar-refractivity contribution in [3.05, 3.63) is 98.4 Å². The number of imidazole rings is 1. The standard InChI is InChI=1S/C31H25Cl2N5O5S2/c1-15-6-5-11-37-16(2)24(34-28(15)37)26(39)23-25(17-8-10-21(42-3)22(12-17)43-4)38(29(41)27(23)40)30-35-36-31(45-30)44-14-18-7-9-19(32)13-20(18)33/h5-13,25,39H,14H2,1-4H3/b26-23+. The number of aryl methyl sites for hydroxylation is 2. The summed E-state index contributed by atoms with van der Waals surface area (Å²) in [7, 11) is 3.00. The minimum absolute atomic E-state index is 0.131. The van der Waals surface area contributed by atoms with Crippen LogP contribution in [0.15, 0.2) is 64.6 Å². The summed E-state index contributed by atoms with van der Waals surface area (Å²) >= 11 is 14.9. The Hall–Kier alpha value is -4.10. The number of aliphatic hydroxyl groups is 1. The van der Waals surface area contributed by atoms with E-state index in [1.165, 1.54) is 30.9 Å². The first-order chi connectivity index (χ1) is 21.6. The Balaban J connectivity index is 1.46. The normalized spacial score (nSPS) is 16.1. The molecule has 3 aromatic heterocycles. The summed E-state index contributed by atoms with van der Waals surface area (Å²) in [6.45, 7) is 3.69. The second-order valence-electron chi connectivity index (χ2n) is 10.1. The number of Topliss-reactive ketones (excluding diaryl/α,β-unsaturated/α-hetero) is 1. The number of benzene rings is 2. The van der Waals surface area contributed by atoms with Gasteiger partial charge in [0.1, 0.15) is 11.3 Å². The number of ketones is 1. The molecule has 0 spiro atoms. The van der Waals surface area contributed by atoms with Gasteiger partial charge in [-0.25, -0.2) is 4.98 Å². The topological polar surface area (TPSA) is 119 Å². The van der Waals surface area contributed by atoms with Crippen LogP contribution < -0.4 is 14.4 Å². The summed E-state index contributed by atoms with van der Waals surface area (Å²) in [4.78, 5) is 33.4. The highest BCUT2D eigenvalue weighted by Gasteiger charge is 2.49. The molecule has 1 fully saturated rings. The Bertz CT molecular complexity index is 2020. The number of methoxy groups -OCH3 is 2. The van der Waals surface area contributed by atoms with Gasteiger partial charge < -0.3 is 19.0 Å². The maximum Gasteiger partial charge on any atom is 0.301 e. The van der Waals surface area contributed by atoms with Crippen molar-refractivity contribution in [1.29, 1.82) is 0 Å². The van der Waals surface area contributed by atoms with Crippen LogP contribution in [0.5, 0.6) is 11.5 Å². The number of hydrogen-bond donors (Lipinski definition) is 1. The van der Waals surface area contributed by atoms with Crippen LogP contribution in [0.1, 0.15) is 34.1 Å². The summed E-state index contributed by atoms with van der Waals surface area (Å²) in [6.07, 6.45) is 1.82. The Morgan fingerprint density at radius 3 is 2.53 bits per heavy atom. The van der Waals surface area contributed by atoms with Crippen LogP contribution in [-0.2, 0) is 15.3 Å². The van der Waals surface area contributed by atoms with E-state index in [1.807, 2.05) is 35.7 Å². The molecule has 1 aliphatic rings. The molecule has 0 radical (unpaired) electrons. The van der Waals surface area contributed by atoms with E-state index in [0.717, 1.165) is 22.5 Å². The Morgan fingerprint density at radius 2 is 1.82 bits per heavy atom. The highest BCUT2D eigenvalue weighted by molar-refractivity contribution is 8.00. The lowest BCUT2D eigenvalue weighted by Crippen LogP contribution is -2.29. The molecule has 2 aromatic carbocycles. The fourth-order valence-electron chi connectivity index (χ4n) is 5.18. The van der Waals surface area contributed by atoms with Gasteiger partial charge in [-0.2, -0.15) is 0 Å². The Morgan fingerprint density at radius 1 is 1.04 bits per heavy atom. The van der Waals surface area contributed by atoms with E-state index >= 15 is 0 Å². The molecule has 5 aromatic rings. The van der Waals surface area contributed by atoms with Gasteiger partial charge in [0.15, 0.2) is 21.6 Å². The molecule has 1 aliphatic heterocycles. The average molecular weight is 683 g/mol. The largest absolute Gasteiger partial charge is 0.505 e. The van der Waals surface area contributed by atoms with Gasteiger partial charge in [-0.15, -0.1) is 10.2 Å². The highest BCUT2D eigenvalue weighted by atomic mass is 35.5. The van der Waals surface area contributed by atoms with E-state index in [9.17, 15) is 14.7 Å². The molecule has 0 saturated carbocycles. The van der Waals surface area contributed by atoms with Crippen molar-refractivity contribution in [3.63, 3.8) is 0 Å². The first kappa shape index (κ1) is 30.9. The molecule has 230 valence electrons. The van der Waals surface area contributed by atoms with Crippen molar-refractivity contribution < 1.29 is 24.2 Å². The third-order valence-electron chi connectivity index (χ3n) is 7.44. The van der Waals surface area contributed by atoms with Gasteiger partial charge in [-0.3, -0.25) is 14.5 Å². The lowest BCUT2D eigenvalue weighted by Gasteiger charge is -2.23. The maximum atomic E-state index is 13.8. The molecule has 0 aliphatic carbocycles. The lowest BCUT2D eigenvalue weighted by molar-refractivity contribution is -0.132. The third-order valence-corrected chi connectivity index (χ3v) is 10.1. The quantitative estimate of drug-likeness (QED) is 0.0604. The van der Waals surface area contributed by atoms with Gasteiger partial charge in [0, 0.05) is 22.0 Å². The van der Waals surface area contributed by atoms with E-state index < -0.39 is 23.5 Å². The van der Waals surface area contributed by atoms with Gasteiger partial charge in [-0.1, -0.05) is 64.5 Å². The molecule has 1 unspecified atom stereocenters. The van der Waals surface area contributed by atoms with Crippen LogP contribution in [0, 0.1) is 13.8 Å². The van der Waals surface area contributed by atoms with Crippen LogP contribution in [-0.4, -0.2) is 50.6 Å². The van der Waals surface area contributed by atoms with Crippen molar-refractivity contribution in [3.8, 4) is 11.5 Å². The molecule has 14 heteroatoms. The van der Waals surface area contributed by atoms with Gasteiger partial charge in [0.25, 0.3) is 5.78 Å². The smallest absolute Gasteiger partial charge is 0.301 e. The van der Waals surface area contributed by atoms with E-state index in [1.54, 1.807) is 37.3 Å². The molecule has 10 nitrogen and oxygen atoms in total. The number of halogens is 2. The van der Waals surface area contributed by atoms with E-state index in [0.29, 0.717) is 48.5 Å². The zero-order valence-electron chi connectivity index (χ0n) is 24.4. The minimum Gasteiger partial charge on any atom is -0.505 e. The Kier molecular flexibility index (Phi) is 8.49. The third kappa shape index (κ3) is 5.52. The molecular weight excluding hydrogens is 657 g/mol. The number of pyridine rings is 1. The van der Waals surface area contributed by atoms with E-state index in [4.69, 9.17) is 32.7 Å². The number of ether oxygens (including phenoxy) is 2. The number of amides is 1. The SMILES string of the molecule is COc1ccc(C2/C(=C(\O)c3nc4c(C)cccn4c3C)C(=O)C(=O)N2c2nnc(SCc3ccc(Cl)cc3Cl)s2)cc1OC. The number of thioether (sulfide) groups is 1. The first-order valence-electron chi connectivity index (χ1n) is 13.5. The fourth-order valence-corrected chi connectivity index (χ4v) is 7.60. The molecule has 6 rings (SSSR count). The molecular formula is C31H25Cl2N5O5S2. The number of nitrogens with zero attached hydrogens (tertiary/aromatic N) is 5. The zero-order chi connectivity index (χ0) is 32.0. The van der Waals surface area contributed by atoms with E-state index in [2.05, 4.69) is 15.2 Å². The maximum absolute atomic E-state index is 13.8. The average Bonchev–Trinajstić information content (AvgIpc) is 3.71. The minimum atomic E-state index is -1.06. The number of aliphatic hydroxyl groups excluding tert-OH is 1. The Labute approximate surface area is 276 Å². The van der Waals surface area contributed by atoms with Crippen LogP contribution in [0.4, 0.5) is 5.13 Å². The molecule has 1 saturated heterocycles. The number of rotatable bonds is 8. The van der Waals surface area contributed by atoms with Crippen LogP contribution >= 0.6 is 46.3 Å². The highest BCUT2D eigenvalue weighted by Crippen LogP contribution is 2.46. The van der Waals surface area contributed by atoms with Crippen molar-refractivity contribution >= 4 is 74.5 Å². The number of fused-ring (bicyclic) bond motifs is 1. The predicted octanol–water partition coefficient (Wildman–Crippen LogP) is 7.05. The second-order valence-corrected chi connectivity index (χ2v) is 13.1. The van der Waals surface area contributed by atoms with Crippen LogP contribution in [0.2, 0.25) is 10.0 Å². The van der Waals surface area contributed by atoms with Gasteiger partial charge >= 0.3 is 5.91 Å². The van der Waals surface area contributed by atoms with Crippen molar-refractivity contribution in [2.24, 2.45) is 0 Å². The molecule has 1 amide bonds. The predicted molar refractivity (Wildman–Crippen MR) is 175 cm³/mol. The van der Waals surface area contributed by atoms with Crippen LogP contribution in [0.3, 0.4) is 0 Å². The summed E-state index contributed by atoms with van der Waals surface area (Å²) in [5.41, 5.74) is 3.53. The van der Waals surface area contributed by atoms with Crippen molar-refractivity contribution in [2.45, 2.75) is 30.0 Å². The number of carbonyl (C=O) groups excluding carboxylic acids is 2. The van der Waals surface area contributed by atoms with Gasteiger partial charge in [0.2, 0.25) is 5.13 Å². The molecule has 1 atom stereocenters. The number of hydrogen-bond acceptors (Lipinski definition) is 10. The molecule has 1 N–H and O–H groups in total. The zero-order valence-corrected chi connectivity index (χ0v) is 27.5. The summed E-state index contributed by atoms with van der Waals surface area (Å²) in [5.74, 6) is -0.809. The van der Waals surface area contributed by atoms with E-state index in [-0.39, 0.29) is 16.4 Å². The second kappa shape index (κ2) is 12.4. The molecule has 0 bridgehead atoms. The number of aromatic nitrogens is 4. The van der Waals surface area contributed by atoms with Crippen molar-refractivity contribution in [1.82, 2.24) is 19.6 Å².